The number of nitrogens with one attached hydrogen (secondary N) is 1. The number of aromatic nitrogens is 2. The summed E-state index contributed by atoms with van der Waals surface area (Å²) < 4.78 is 53.1. The van der Waals surface area contributed by atoms with E-state index in [0.717, 1.165) is 0 Å². The molecule has 0 bridgehead atoms. The lowest BCUT2D eigenvalue weighted by Crippen LogP contribution is -2.07. The molecule has 104 valence electrons. The highest BCUT2D eigenvalue weighted by Crippen LogP contribution is 2.29. The number of aromatic amines is 1. The second-order valence-electron chi connectivity index (χ2n) is 3.99. The number of nitrogens with zero attached hydrogens (tertiary/aromatic N) is 2. The van der Waals surface area contributed by atoms with Crippen molar-refractivity contribution in [3.8, 4) is 17.3 Å². The summed E-state index contributed by atoms with van der Waals surface area (Å²) in [6.07, 6.45) is 0. The largest absolute Gasteiger partial charge is 0.332 e. The third-order valence-electron chi connectivity index (χ3n) is 2.79. The SMILES string of the molecule is Cc1c(-c2cc(F)c(C#N)cc2F)n(C(F)F)[nH]c1=O. The van der Waals surface area contributed by atoms with Gasteiger partial charge in [-0.2, -0.15) is 14.0 Å². The van der Waals surface area contributed by atoms with E-state index in [-0.39, 0.29) is 10.2 Å². The van der Waals surface area contributed by atoms with Crippen LogP contribution < -0.4 is 5.56 Å². The third kappa shape index (κ3) is 2.07. The number of nitriles is 1. The Morgan fingerprint density at radius 3 is 2.50 bits per heavy atom. The van der Waals surface area contributed by atoms with Gasteiger partial charge in [0.15, 0.2) is 0 Å². The van der Waals surface area contributed by atoms with Gasteiger partial charge in [-0.05, 0) is 19.1 Å². The van der Waals surface area contributed by atoms with E-state index >= 15 is 0 Å². The molecular formula is C12H7F4N3O. The van der Waals surface area contributed by atoms with Crippen molar-refractivity contribution in [3.63, 3.8) is 0 Å². The summed E-state index contributed by atoms with van der Waals surface area (Å²) in [5.74, 6) is -2.13. The Morgan fingerprint density at radius 1 is 1.30 bits per heavy atom. The molecule has 0 spiro atoms. The van der Waals surface area contributed by atoms with Crippen molar-refractivity contribution < 1.29 is 17.6 Å². The number of rotatable bonds is 2. The molecule has 1 aromatic carbocycles. The fourth-order valence-electron chi connectivity index (χ4n) is 1.83. The Morgan fingerprint density at radius 2 is 1.95 bits per heavy atom. The molecular weight excluding hydrogens is 278 g/mol. The van der Waals surface area contributed by atoms with Crippen LogP contribution in [0, 0.1) is 29.9 Å². The van der Waals surface area contributed by atoms with E-state index in [1.807, 2.05) is 5.10 Å². The van der Waals surface area contributed by atoms with Crippen LogP contribution in [0.4, 0.5) is 17.6 Å². The standard InChI is InChI=1S/C12H7F4N3O/c1-5-10(19(12(15)16)18-11(5)20)7-3-8(13)6(4-17)2-9(7)14/h2-3,12H,1H3,(H,18,20). The van der Waals surface area contributed by atoms with Crippen molar-refractivity contribution >= 4 is 0 Å². The van der Waals surface area contributed by atoms with Crippen molar-refractivity contribution in [2.75, 3.05) is 0 Å². The molecule has 8 heteroatoms. The van der Waals surface area contributed by atoms with Gasteiger partial charge < -0.3 is 0 Å². The number of hydrogen-bond donors (Lipinski definition) is 1. The Labute approximate surface area is 109 Å². The van der Waals surface area contributed by atoms with Gasteiger partial charge in [-0.25, -0.2) is 13.5 Å². The summed E-state index contributed by atoms with van der Waals surface area (Å²) in [7, 11) is 0. The molecule has 0 aliphatic rings. The second kappa shape index (κ2) is 4.85. The van der Waals surface area contributed by atoms with Crippen LogP contribution in [0.1, 0.15) is 17.7 Å². The monoisotopic (exact) mass is 285 g/mol. The van der Waals surface area contributed by atoms with Crippen LogP contribution in [0.25, 0.3) is 11.3 Å². The Bertz CT molecular complexity index is 770. The maximum Gasteiger partial charge on any atom is 0.332 e. The smallest absolute Gasteiger partial charge is 0.268 e. The van der Waals surface area contributed by atoms with Crippen LogP contribution in [0.5, 0.6) is 0 Å². The van der Waals surface area contributed by atoms with Crippen LogP contribution in [-0.2, 0) is 0 Å². The van der Waals surface area contributed by atoms with Gasteiger partial charge in [0.2, 0.25) is 0 Å². The average molecular weight is 285 g/mol. The summed E-state index contributed by atoms with van der Waals surface area (Å²) in [4.78, 5) is 11.4. The van der Waals surface area contributed by atoms with Gasteiger partial charge in [0.1, 0.15) is 17.7 Å². The maximum atomic E-state index is 13.8. The van der Waals surface area contributed by atoms with Crippen molar-refractivity contribution in [3.05, 3.63) is 45.2 Å². The minimum Gasteiger partial charge on any atom is -0.268 e. The van der Waals surface area contributed by atoms with Crippen LogP contribution in [0.2, 0.25) is 0 Å². The summed E-state index contributed by atoms with van der Waals surface area (Å²) in [5.41, 5.74) is -2.52. The molecule has 0 saturated heterocycles. The minimum absolute atomic E-state index is 0.154. The van der Waals surface area contributed by atoms with E-state index in [1.54, 1.807) is 0 Å². The number of halogens is 4. The van der Waals surface area contributed by atoms with Gasteiger partial charge in [-0.15, -0.1) is 0 Å². The molecule has 0 unspecified atom stereocenters. The molecule has 0 fully saturated rings. The lowest BCUT2D eigenvalue weighted by Gasteiger charge is -2.09. The van der Waals surface area contributed by atoms with E-state index in [9.17, 15) is 22.4 Å². The summed E-state index contributed by atoms with van der Waals surface area (Å²) in [5, 5.41) is 10.4. The lowest BCUT2D eigenvalue weighted by molar-refractivity contribution is 0.0579. The van der Waals surface area contributed by atoms with Gasteiger partial charge in [-0.1, -0.05) is 0 Å². The van der Waals surface area contributed by atoms with Crippen LogP contribution in [0.3, 0.4) is 0 Å². The zero-order chi connectivity index (χ0) is 15.0. The van der Waals surface area contributed by atoms with E-state index < -0.39 is 40.6 Å². The highest BCUT2D eigenvalue weighted by Gasteiger charge is 2.22. The second-order valence-corrected chi connectivity index (χ2v) is 3.99. The van der Waals surface area contributed by atoms with Crippen LogP contribution in [-0.4, -0.2) is 9.78 Å². The zero-order valence-electron chi connectivity index (χ0n) is 10.0. The molecule has 0 aliphatic carbocycles. The highest BCUT2D eigenvalue weighted by atomic mass is 19.3. The van der Waals surface area contributed by atoms with Gasteiger partial charge in [0, 0.05) is 11.1 Å². The maximum absolute atomic E-state index is 13.8. The van der Waals surface area contributed by atoms with Crippen LogP contribution >= 0.6 is 0 Å². The highest BCUT2D eigenvalue weighted by molar-refractivity contribution is 5.65. The summed E-state index contributed by atoms with van der Waals surface area (Å²) in [6, 6.07) is 2.64. The van der Waals surface area contributed by atoms with E-state index in [2.05, 4.69) is 0 Å². The van der Waals surface area contributed by atoms with Crippen molar-refractivity contribution in [1.82, 2.24) is 9.78 Å². The number of H-pyrrole nitrogens is 1. The first-order chi connectivity index (χ1) is 9.36. The molecule has 20 heavy (non-hydrogen) atoms. The first-order valence-corrected chi connectivity index (χ1v) is 5.35. The van der Waals surface area contributed by atoms with Crippen molar-refractivity contribution in [2.24, 2.45) is 0 Å². The molecule has 0 amide bonds. The van der Waals surface area contributed by atoms with Gasteiger partial charge in [-0.3, -0.25) is 9.89 Å². The average Bonchev–Trinajstić information content (AvgIpc) is 2.68. The van der Waals surface area contributed by atoms with Crippen LogP contribution in [0.15, 0.2) is 16.9 Å². The Hall–Kier alpha value is -2.56. The van der Waals surface area contributed by atoms with Crippen molar-refractivity contribution in [2.45, 2.75) is 13.5 Å². The summed E-state index contributed by atoms with van der Waals surface area (Å²) >= 11 is 0. The molecule has 1 aromatic heterocycles. The fraction of sp³-hybridized carbons (Fsp3) is 0.167. The van der Waals surface area contributed by atoms with Gasteiger partial charge in [0.25, 0.3) is 5.56 Å². The lowest BCUT2D eigenvalue weighted by atomic mass is 10.1. The van der Waals surface area contributed by atoms with Gasteiger partial charge in [0.05, 0.1) is 11.3 Å². The van der Waals surface area contributed by atoms with Crippen molar-refractivity contribution in [1.29, 1.82) is 5.26 Å². The molecule has 0 atom stereocenters. The first-order valence-electron chi connectivity index (χ1n) is 5.35. The van der Waals surface area contributed by atoms with E-state index in [1.165, 1.54) is 13.0 Å². The Balaban J connectivity index is 2.79. The normalized spacial score (nSPS) is 10.8. The predicted molar refractivity (Wildman–Crippen MR) is 61.1 cm³/mol. The molecule has 0 radical (unpaired) electrons. The molecule has 0 aliphatic heterocycles. The molecule has 1 heterocycles. The zero-order valence-corrected chi connectivity index (χ0v) is 10.0. The molecule has 4 nitrogen and oxygen atoms in total. The Kier molecular flexibility index (Phi) is 3.36. The minimum atomic E-state index is -3.12. The molecule has 2 rings (SSSR count). The number of hydrogen-bond acceptors (Lipinski definition) is 2. The quantitative estimate of drug-likeness (QED) is 0.862. The first kappa shape index (κ1) is 13.9. The predicted octanol–water partition coefficient (Wildman–Crippen LogP) is 2.70. The summed E-state index contributed by atoms with van der Waals surface area (Å²) in [6.45, 7) is -1.91. The molecule has 0 saturated carbocycles. The van der Waals surface area contributed by atoms with Gasteiger partial charge >= 0.3 is 6.55 Å². The topological polar surface area (TPSA) is 61.6 Å². The number of alkyl halides is 2. The fourth-order valence-corrected chi connectivity index (χ4v) is 1.83. The number of benzene rings is 1. The molecule has 2 aromatic rings. The van der Waals surface area contributed by atoms with E-state index in [4.69, 9.17) is 5.26 Å². The molecule has 1 N–H and O–H groups in total. The van der Waals surface area contributed by atoms with E-state index in [0.29, 0.717) is 12.1 Å². The third-order valence-corrected chi connectivity index (χ3v) is 2.79.